The number of hydrogen-bond acceptors (Lipinski definition) is 7. The number of thioether (sulfide) groups is 1. The van der Waals surface area contributed by atoms with E-state index >= 15 is 0 Å². The van der Waals surface area contributed by atoms with Crippen molar-refractivity contribution in [1.29, 1.82) is 0 Å². The van der Waals surface area contributed by atoms with Crippen molar-refractivity contribution in [2.45, 2.75) is 23.1 Å². The van der Waals surface area contributed by atoms with Crippen LogP contribution >= 0.6 is 23.1 Å². The van der Waals surface area contributed by atoms with Crippen molar-refractivity contribution in [3.8, 4) is 11.5 Å². The first-order valence-electron chi connectivity index (χ1n) is 10.6. The second kappa shape index (κ2) is 10.8. The molecule has 1 unspecified atom stereocenters. The Bertz CT molecular complexity index is 1250. The maximum Gasteiger partial charge on any atom is 0.252 e. The molecule has 4 aromatic rings. The molecule has 0 radical (unpaired) electrons. The van der Waals surface area contributed by atoms with Crippen LogP contribution in [0.2, 0.25) is 0 Å². The molecule has 1 amide bonds. The number of imidazole rings is 1. The zero-order valence-electron chi connectivity index (χ0n) is 19.4. The van der Waals surface area contributed by atoms with Crippen molar-refractivity contribution in [3.63, 3.8) is 0 Å². The van der Waals surface area contributed by atoms with Crippen LogP contribution < -0.4 is 14.8 Å². The second-order valence-electron chi connectivity index (χ2n) is 7.69. The van der Waals surface area contributed by atoms with E-state index in [1.54, 1.807) is 49.6 Å². The molecule has 9 heteroatoms. The van der Waals surface area contributed by atoms with E-state index in [4.69, 9.17) is 9.47 Å². The van der Waals surface area contributed by atoms with Crippen molar-refractivity contribution >= 4 is 29.0 Å². The summed E-state index contributed by atoms with van der Waals surface area (Å²) in [7, 11) is 5.10. The van der Waals surface area contributed by atoms with Crippen LogP contribution in [0, 0.1) is 6.92 Å². The minimum Gasteiger partial charge on any atom is -0.497 e. The Hall–Kier alpha value is -3.30. The molecular formula is C25H26N4O3S2. The average Bonchev–Trinajstić information content (AvgIpc) is 3.48. The van der Waals surface area contributed by atoms with Crippen LogP contribution in [0.5, 0.6) is 11.5 Å². The number of rotatable bonds is 9. The number of nitrogens with one attached hydrogen (secondary N) is 1. The molecule has 0 aliphatic heterocycles. The summed E-state index contributed by atoms with van der Waals surface area (Å²) < 4.78 is 13.8. The van der Waals surface area contributed by atoms with Crippen LogP contribution in [0.4, 0.5) is 0 Å². The van der Waals surface area contributed by atoms with E-state index in [1.807, 2.05) is 66.5 Å². The lowest BCUT2D eigenvalue weighted by atomic mass is 10.0. The molecule has 0 bridgehead atoms. The number of aromatic nitrogens is 3. The SMILES string of the molecule is COc1cc(OC)cc(C(NC(=O)c2ccc(CSc3nc(C)cs3)cc2)c2nccn2C)c1. The number of thiazole rings is 1. The van der Waals surface area contributed by atoms with E-state index in [1.165, 1.54) is 0 Å². The number of methoxy groups -OCH3 is 2. The van der Waals surface area contributed by atoms with Crippen molar-refractivity contribution in [3.05, 3.63) is 88.4 Å². The Morgan fingerprint density at radius 3 is 2.41 bits per heavy atom. The molecule has 0 saturated carbocycles. The van der Waals surface area contributed by atoms with Gasteiger partial charge >= 0.3 is 0 Å². The van der Waals surface area contributed by atoms with E-state index in [0.29, 0.717) is 22.9 Å². The molecule has 0 spiro atoms. The third-order valence-corrected chi connectivity index (χ3v) is 7.49. The van der Waals surface area contributed by atoms with Gasteiger partial charge in [0.15, 0.2) is 0 Å². The third-order valence-electron chi connectivity index (χ3n) is 5.28. The summed E-state index contributed by atoms with van der Waals surface area (Å²) in [6.45, 7) is 1.99. The summed E-state index contributed by atoms with van der Waals surface area (Å²) in [5, 5.41) is 5.18. The maximum absolute atomic E-state index is 13.2. The van der Waals surface area contributed by atoms with Gasteiger partial charge in [-0.25, -0.2) is 9.97 Å². The molecule has 176 valence electrons. The van der Waals surface area contributed by atoms with Crippen LogP contribution in [0.3, 0.4) is 0 Å². The smallest absolute Gasteiger partial charge is 0.252 e. The van der Waals surface area contributed by atoms with Gasteiger partial charge in [0, 0.05) is 47.9 Å². The molecule has 2 aromatic carbocycles. The molecule has 7 nitrogen and oxygen atoms in total. The summed E-state index contributed by atoms with van der Waals surface area (Å²) in [5.74, 6) is 2.59. The fourth-order valence-electron chi connectivity index (χ4n) is 3.46. The van der Waals surface area contributed by atoms with Gasteiger partial charge in [-0.05, 0) is 42.3 Å². The molecule has 1 atom stereocenters. The number of nitrogens with zero attached hydrogens (tertiary/aromatic N) is 3. The molecule has 2 heterocycles. The van der Waals surface area contributed by atoms with Crippen molar-refractivity contribution in [1.82, 2.24) is 19.9 Å². The van der Waals surface area contributed by atoms with Gasteiger partial charge in [-0.15, -0.1) is 11.3 Å². The van der Waals surface area contributed by atoms with Gasteiger partial charge in [-0.3, -0.25) is 4.79 Å². The third kappa shape index (κ3) is 5.60. The number of aryl methyl sites for hydroxylation is 2. The van der Waals surface area contributed by atoms with Gasteiger partial charge in [-0.1, -0.05) is 23.9 Å². The highest BCUT2D eigenvalue weighted by Gasteiger charge is 2.23. The number of ether oxygens (including phenoxy) is 2. The van der Waals surface area contributed by atoms with Gasteiger partial charge in [0.1, 0.15) is 27.7 Å². The normalized spacial score (nSPS) is 11.8. The fourth-order valence-corrected chi connectivity index (χ4v) is 5.26. The Morgan fingerprint density at radius 1 is 1.15 bits per heavy atom. The molecule has 1 N–H and O–H groups in total. The fraction of sp³-hybridized carbons (Fsp3) is 0.240. The first-order chi connectivity index (χ1) is 16.5. The molecule has 0 saturated heterocycles. The molecule has 34 heavy (non-hydrogen) atoms. The molecule has 4 rings (SSSR count). The molecular weight excluding hydrogens is 468 g/mol. The number of hydrogen-bond donors (Lipinski definition) is 1. The minimum atomic E-state index is -0.486. The van der Waals surface area contributed by atoms with E-state index in [2.05, 4.69) is 15.3 Å². The number of benzene rings is 2. The summed E-state index contributed by atoms with van der Waals surface area (Å²) in [5.41, 5.74) is 3.56. The topological polar surface area (TPSA) is 78.3 Å². The predicted molar refractivity (Wildman–Crippen MR) is 135 cm³/mol. The Morgan fingerprint density at radius 2 is 1.85 bits per heavy atom. The molecule has 2 aromatic heterocycles. The molecule has 0 aliphatic rings. The van der Waals surface area contributed by atoms with Gasteiger partial charge in [0.05, 0.1) is 14.2 Å². The number of amides is 1. The number of carbonyl (C=O) groups is 1. The lowest BCUT2D eigenvalue weighted by Gasteiger charge is -2.20. The Balaban J connectivity index is 1.53. The zero-order chi connectivity index (χ0) is 24.1. The van der Waals surface area contributed by atoms with E-state index in [9.17, 15) is 4.79 Å². The first-order valence-corrected chi connectivity index (χ1v) is 12.5. The van der Waals surface area contributed by atoms with Gasteiger partial charge in [0.2, 0.25) is 0 Å². The second-order valence-corrected chi connectivity index (χ2v) is 9.77. The van der Waals surface area contributed by atoms with Crippen LogP contribution in [-0.2, 0) is 12.8 Å². The van der Waals surface area contributed by atoms with Gasteiger partial charge in [0.25, 0.3) is 5.91 Å². The maximum atomic E-state index is 13.2. The molecule has 0 aliphatic carbocycles. The minimum absolute atomic E-state index is 0.190. The van der Waals surface area contributed by atoms with E-state index in [0.717, 1.165) is 26.9 Å². The summed E-state index contributed by atoms with van der Waals surface area (Å²) in [6, 6.07) is 12.7. The highest BCUT2D eigenvalue weighted by atomic mass is 32.2. The van der Waals surface area contributed by atoms with Gasteiger partial charge < -0.3 is 19.4 Å². The summed E-state index contributed by atoms with van der Waals surface area (Å²) in [6.07, 6.45) is 3.56. The van der Waals surface area contributed by atoms with Crippen LogP contribution in [0.1, 0.15) is 39.0 Å². The largest absolute Gasteiger partial charge is 0.497 e. The van der Waals surface area contributed by atoms with Gasteiger partial charge in [-0.2, -0.15) is 0 Å². The summed E-state index contributed by atoms with van der Waals surface area (Å²) >= 11 is 3.34. The highest BCUT2D eigenvalue weighted by Crippen LogP contribution is 2.30. The standard InChI is InChI=1S/C25H26N4O3S2/c1-16-14-33-25(27-16)34-15-17-5-7-18(8-6-17)24(30)28-22(23-26-9-10-29(23)2)19-11-20(31-3)13-21(12-19)32-4/h5-14,22H,15H2,1-4H3,(H,28,30). The van der Waals surface area contributed by atoms with Crippen molar-refractivity contribution in [2.24, 2.45) is 7.05 Å². The highest BCUT2D eigenvalue weighted by molar-refractivity contribution is 8.00. The first kappa shape index (κ1) is 23.8. The quantitative estimate of drug-likeness (QED) is 0.330. The van der Waals surface area contributed by atoms with Crippen molar-refractivity contribution in [2.75, 3.05) is 14.2 Å². The van der Waals surface area contributed by atoms with Crippen LogP contribution in [-0.4, -0.2) is 34.7 Å². The Labute approximate surface area is 207 Å². The Kier molecular flexibility index (Phi) is 7.54. The predicted octanol–water partition coefficient (Wildman–Crippen LogP) is 5.01. The lowest BCUT2D eigenvalue weighted by molar-refractivity contribution is 0.0941. The average molecular weight is 495 g/mol. The molecule has 0 fully saturated rings. The lowest BCUT2D eigenvalue weighted by Crippen LogP contribution is -2.31. The van der Waals surface area contributed by atoms with Crippen LogP contribution in [0.25, 0.3) is 0 Å². The monoisotopic (exact) mass is 494 g/mol. The number of carbonyl (C=O) groups excluding carboxylic acids is 1. The van der Waals surface area contributed by atoms with Crippen LogP contribution in [0.15, 0.2) is 64.6 Å². The van der Waals surface area contributed by atoms with E-state index in [-0.39, 0.29) is 5.91 Å². The van der Waals surface area contributed by atoms with E-state index < -0.39 is 6.04 Å². The zero-order valence-corrected chi connectivity index (χ0v) is 21.1. The van der Waals surface area contributed by atoms with Crippen molar-refractivity contribution < 1.29 is 14.3 Å². The summed E-state index contributed by atoms with van der Waals surface area (Å²) in [4.78, 5) is 22.2.